The van der Waals surface area contributed by atoms with Crippen LogP contribution in [0.15, 0.2) is 17.3 Å². The molecule has 0 spiro atoms. The summed E-state index contributed by atoms with van der Waals surface area (Å²) in [5.41, 5.74) is 3.92. The molecule has 7 nitrogen and oxygen atoms in total. The summed E-state index contributed by atoms with van der Waals surface area (Å²) in [5, 5.41) is 23.3. The molecule has 1 atom stereocenters. The Balaban J connectivity index is 1.36. The number of carbonyl (C=O) groups excluding carboxylic acids is 1. The third kappa shape index (κ3) is 6.03. The summed E-state index contributed by atoms with van der Waals surface area (Å²) >= 11 is 9.11. The first-order valence-corrected chi connectivity index (χ1v) is 15.0. The largest absolute Gasteiger partial charge is 0.486 e. The van der Waals surface area contributed by atoms with Gasteiger partial charge in [0, 0.05) is 16.9 Å². The maximum Gasteiger partial charge on any atom is 0.235 e. The number of aryl methyl sites for hydroxylation is 2. The standard InChI is InChI=1S/C28H34ClN5O2S2/c1-7-28(4,5)18-8-9-20-21(13-30)26(38-22(20)12-18)31-24(35)15-37-27-33-32-23(34(27)6)14-36-19-10-16(2)25(29)17(3)11-19/h10-11,18H,7-9,12,14-15H2,1-6H3,(H,31,35). The fourth-order valence-electron chi connectivity index (χ4n) is 4.77. The van der Waals surface area contributed by atoms with Crippen molar-refractivity contribution in [2.75, 3.05) is 11.1 Å². The van der Waals surface area contributed by atoms with Crippen LogP contribution in [0, 0.1) is 36.5 Å². The summed E-state index contributed by atoms with van der Waals surface area (Å²) in [5.74, 6) is 1.97. The highest BCUT2D eigenvalue weighted by molar-refractivity contribution is 7.99. The molecule has 1 amide bonds. The van der Waals surface area contributed by atoms with E-state index in [9.17, 15) is 10.1 Å². The second-order valence-electron chi connectivity index (χ2n) is 10.6. The van der Waals surface area contributed by atoms with E-state index in [-0.39, 0.29) is 23.7 Å². The van der Waals surface area contributed by atoms with Gasteiger partial charge >= 0.3 is 0 Å². The minimum atomic E-state index is -0.163. The van der Waals surface area contributed by atoms with E-state index in [1.54, 1.807) is 11.3 Å². The summed E-state index contributed by atoms with van der Waals surface area (Å²) in [6.45, 7) is 11.0. The number of nitrogens with zero attached hydrogens (tertiary/aromatic N) is 4. The molecule has 202 valence electrons. The van der Waals surface area contributed by atoms with Crippen LogP contribution in [0.4, 0.5) is 5.00 Å². The zero-order chi connectivity index (χ0) is 27.6. The van der Waals surface area contributed by atoms with Crippen LogP contribution in [0.2, 0.25) is 5.02 Å². The van der Waals surface area contributed by atoms with Crippen LogP contribution in [0.1, 0.15) is 66.6 Å². The van der Waals surface area contributed by atoms with Gasteiger partial charge in [-0.3, -0.25) is 4.79 Å². The number of thiophene rings is 1. The van der Waals surface area contributed by atoms with Gasteiger partial charge in [-0.25, -0.2) is 0 Å². The average Bonchev–Trinajstić information content (AvgIpc) is 3.42. The number of carbonyl (C=O) groups is 1. The first-order valence-electron chi connectivity index (χ1n) is 12.8. The normalized spacial score (nSPS) is 15.2. The second kappa shape index (κ2) is 11.7. The number of thioether (sulfide) groups is 1. The molecule has 0 aliphatic heterocycles. The van der Waals surface area contributed by atoms with E-state index in [0.29, 0.717) is 27.5 Å². The molecule has 0 fully saturated rings. The molecule has 1 aromatic carbocycles. The van der Waals surface area contributed by atoms with Crippen LogP contribution in [-0.4, -0.2) is 26.4 Å². The van der Waals surface area contributed by atoms with Crippen LogP contribution >= 0.6 is 34.7 Å². The molecule has 2 heterocycles. The molecular formula is C28H34ClN5O2S2. The van der Waals surface area contributed by atoms with Crippen LogP contribution in [0.3, 0.4) is 0 Å². The van der Waals surface area contributed by atoms with Gasteiger partial charge in [-0.2, -0.15) is 5.26 Å². The number of halogens is 1. The first kappa shape index (κ1) is 28.5. The Labute approximate surface area is 237 Å². The second-order valence-corrected chi connectivity index (χ2v) is 13.0. The van der Waals surface area contributed by atoms with Gasteiger partial charge < -0.3 is 14.6 Å². The van der Waals surface area contributed by atoms with Crippen molar-refractivity contribution in [1.82, 2.24) is 14.8 Å². The molecular weight excluding hydrogens is 538 g/mol. The number of aromatic nitrogens is 3. The Morgan fingerprint density at radius 3 is 2.71 bits per heavy atom. The number of anilines is 1. The number of rotatable bonds is 9. The van der Waals surface area contributed by atoms with Crippen LogP contribution in [0.25, 0.3) is 0 Å². The topological polar surface area (TPSA) is 92.8 Å². The lowest BCUT2D eigenvalue weighted by Crippen LogP contribution is -2.28. The van der Waals surface area contributed by atoms with Gasteiger partial charge in [0.2, 0.25) is 5.91 Å². The van der Waals surface area contributed by atoms with Gasteiger partial charge in [0.15, 0.2) is 11.0 Å². The monoisotopic (exact) mass is 571 g/mol. The zero-order valence-electron chi connectivity index (χ0n) is 22.8. The van der Waals surface area contributed by atoms with Crippen molar-refractivity contribution >= 4 is 45.6 Å². The van der Waals surface area contributed by atoms with Crippen molar-refractivity contribution in [1.29, 1.82) is 5.26 Å². The molecule has 0 saturated heterocycles. The van der Waals surface area contributed by atoms with Crippen LogP contribution < -0.4 is 10.1 Å². The molecule has 1 N–H and O–H groups in total. The number of benzene rings is 1. The van der Waals surface area contributed by atoms with E-state index in [1.807, 2.05) is 37.6 Å². The highest BCUT2D eigenvalue weighted by atomic mass is 35.5. The zero-order valence-corrected chi connectivity index (χ0v) is 25.2. The summed E-state index contributed by atoms with van der Waals surface area (Å²) < 4.78 is 7.74. The maximum atomic E-state index is 12.8. The van der Waals surface area contributed by atoms with Gasteiger partial charge in [0.1, 0.15) is 23.4 Å². The quantitative estimate of drug-likeness (QED) is 0.282. The smallest absolute Gasteiger partial charge is 0.235 e. The number of nitrogens with one attached hydrogen (secondary N) is 1. The lowest BCUT2D eigenvalue weighted by atomic mass is 9.69. The average molecular weight is 572 g/mol. The molecule has 4 rings (SSSR count). The van der Waals surface area contributed by atoms with Gasteiger partial charge in [-0.05, 0) is 73.3 Å². The Hall–Kier alpha value is -2.54. The lowest BCUT2D eigenvalue weighted by molar-refractivity contribution is -0.113. The lowest BCUT2D eigenvalue weighted by Gasteiger charge is -2.36. The van der Waals surface area contributed by atoms with Crippen molar-refractivity contribution in [3.8, 4) is 11.8 Å². The molecule has 1 aliphatic carbocycles. The molecule has 38 heavy (non-hydrogen) atoms. The first-order chi connectivity index (χ1) is 18.0. The molecule has 10 heteroatoms. The molecule has 0 saturated carbocycles. The minimum absolute atomic E-state index is 0.163. The summed E-state index contributed by atoms with van der Waals surface area (Å²) in [6, 6.07) is 6.14. The summed E-state index contributed by atoms with van der Waals surface area (Å²) in [7, 11) is 1.85. The van der Waals surface area contributed by atoms with Crippen molar-refractivity contribution < 1.29 is 9.53 Å². The van der Waals surface area contributed by atoms with Crippen molar-refractivity contribution in [2.24, 2.45) is 18.4 Å². The number of amides is 1. The number of ether oxygens (including phenoxy) is 1. The van der Waals surface area contributed by atoms with Gasteiger partial charge in [-0.1, -0.05) is 50.6 Å². The number of nitriles is 1. The van der Waals surface area contributed by atoms with E-state index in [4.69, 9.17) is 16.3 Å². The van der Waals surface area contributed by atoms with Gasteiger partial charge in [0.25, 0.3) is 0 Å². The van der Waals surface area contributed by atoms with Crippen molar-refractivity contribution in [3.05, 3.63) is 50.1 Å². The number of fused-ring (bicyclic) bond motifs is 1. The fraction of sp³-hybridized carbons (Fsp3) is 0.500. The molecule has 2 aromatic heterocycles. The van der Waals surface area contributed by atoms with E-state index in [2.05, 4.69) is 42.4 Å². The van der Waals surface area contributed by atoms with Crippen LogP contribution in [-0.2, 0) is 31.3 Å². The SMILES string of the molecule is CCC(C)(C)C1CCc2c(sc(NC(=O)CSc3nnc(COc4cc(C)c(Cl)c(C)c4)n3C)c2C#N)C1. The Bertz CT molecular complexity index is 1370. The highest BCUT2D eigenvalue weighted by Crippen LogP contribution is 2.45. The highest BCUT2D eigenvalue weighted by Gasteiger charge is 2.34. The Kier molecular flexibility index (Phi) is 8.75. The molecule has 3 aromatic rings. The van der Waals surface area contributed by atoms with E-state index < -0.39 is 0 Å². The predicted octanol–water partition coefficient (Wildman–Crippen LogP) is 6.87. The third-order valence-corrected chi connectivity index (χ3v) is 10.5. The predicted molar refractivity (Wildman–Crippen MR) is 154 cm³/mol. The summed E-state index contributed by atoms with van der Waals surface area (Å²) in [6.07, 6.45) is 4.07. The molecule has 0 radical (unpaired) electrons. The van der Waals surface area contributed by atoms with Gasteiger partial charge in [-0.15, -0.1) is 21.5 Å². The Morgan fingerprint density at radius 2 is 2.05 bits per heavy atom. The Morgan fingerprint density at radius 1 is 1.34 bits per heavy atom. The fourth-order valence-corrected chi connectivity index (χ4v) is 6.91. The number of hydrogen-bond acceptors (Lipinski definition) is 7. The van der Waals surface area contributed by atoms with Crippen molar-refractivity contribution in [2.45, 2.75) is 72.1 Å². The van der Waals surface area contributed by atoms with Crippen molar-refractivity contribution in [3.63, 3.8) is 0 Å². The maximum absolute atomic E-state index is 12.8. The van der Waals surface area contributed by atoms with E-state index in [0.717, 1.165) is 53.1 Å². The third-order valence-electron chi connectivity index (χ3n) is 7.68. The van der Waals surface area contributed by atoms with E-state index >= 15 is 0 Å². The molecule has 0 bridgehead atoms. The molecule has 1 unspecified atom stereocenters. The summed E-state index contributed by atoms with van der Waals surface area (Å²) in [4.78, 5) is 14.1. The molecule has 1 aliphatic rings. The minimum Gasteiger partial charge on any atom is -0.486 e. The van der Waals surface area contributed by atoms with E-state index in [1.165, 1.54) is 16.6 Å². The van der Waals surface area contributed by atoms with Gasteiger partial charge in [0.05, 0.1) is 11.3 Å². The van der Waals surface area contributed by atoms with Crippen LogP contribution in [0.5, 0.6) is 5.75 Å². The number of hydrogen-bond donors (Lipinski definition) is 1.